The highest BCUT2D eigenvalue weighted by atomic mass is 16.5. The van der Waals surface area contributed by atoms with Gasteiger partial charge in [0.2, 0.25) is 0 Å². The highest BCUT2D eigenvalue weighted by Gasteiger charge is 2.25. The summed E-state index contributed by atoms with van der Waals surface area (Å²) in [5, 5.41) is 9.55. The van der Waals surface area contributed by atoms with Crippen molar-refractivity contribution in [2.24, 2.45) is 0 Å². The molecule has 1 aliphatic rings. The summed E-state index contributed by atoms with van der Waals surface area (Å²) in [5.41, 5.74) is 1.72. The van der Waals surface area contributed by atoms with Crippen molar-refractivity contribution in [2.45, 2.75) is 19.0 Å². The first-order valence-electron chi connectivity index (χ1n) is 8.96. The molecule has 1 unspecified atom stereocenters. The van der Waals surface area contributed by atoms with Gasteiger partial charge in [0, 0.05) is 30.4 Å². The molecule has 3 aromatic rings. The number of fused-ring (bicyclic) bond motifs is 1. The second kappa shape index (κ2) is 7.91. The van der Waals surface area contributed by atoms with Gasteiger partial charge >= 0.3 is 11.8 Å². The summed E-state index contributed by atoms with van der Waals surface area (Å²) in [5.74, 6) is -0.427. The third-order valence-electron chi connectivity index (χ3n) is 4.40. The highest BCUT2D eigenvalue weighted by Crippen LogP contribution is 2.31. The van der Waals surface area contributed by atoms with Crippen LogP contribution in [-0.4, -0.2) is 33.2 Å². The Balaban J connectivity index is 1.36. The van der Waals surface area contributed by atoms with Crippen LogP contribution in [0.4, 0.5) is 5.82 Å². The molecule has 8 heteroatoms. The summed E-state index contributed by atoms with van der Waals surface area (Å²) in [6.45, 7) is 0.962. The molecule has 1 aromatic carbocycles. The Morgan fingerprint density at radius 2 is 1.96 bits per heavy atom. The molecule has 1 atom stereocenters. The van der Waals surface area contributed by atoms with Crippen LogP contribution in [0.1, 0.15) is 23.7 Å². The van der Waals surface area contributed by atoms with Crippen LogP contribution in [0.3, 0.4) is 0 Å². The van der Waals surface area contributed by atoms with Crippen LogP contribution >= 0.6 is 0 Å². The average Bonchev–Trinajstić information content (AvgIpc) is 3.15. The van der Waals surface area contributed by atoms with E-state index < -0.39 is 11.8 Å². The van der Waals surface area contributed by atoms with Crippen molar-refractivity contribution in [3.05, 3.63) is 72.2 Å². The Morgan fingerprint density at radius 3 is 2.82 bits per heavy atom. The van der Waals surface area contributed by atoms with Gasteiger partial charge in [-0.3, -0.25) is 19.3 Å². The molecule has 28 heavy (non-hydrogen) atoms. The lowest BCUT2D eigenvalue weighted by Crippen LogP contribution is -2.39. The molecule has 2 amide bonds. The van der Waals surface area contributed by atoms with E-state index >= 15 is 0 Å². The topological polar surface area (TPSA) is 98.1 Å². The van der Waals surface area contributed by atoms with E-state index in [0.717, 1.165) is 17.0 Å². The summed E-state index contributed by atoms with van der Waals surface area (Å²) in [6.07, 6.45) is 4.03. The number of nitrogens with zero attached hydrogens (tertiary/aromatic N) is 3. The van der Waals surface area contributed by atoms with Gasteiger partial charge in [0.25, 0.3) is 0 Å². The van der Waals surface area contributed by atoms with E-state index in [-0.39, 0.29) is 6.04 Å². The van der Waals surface area contributed by atoms with E-state index in [2.05, 4.69) is 20.7 Å². The first kappa shape index (κ1) is 17.7. The standard InChI is InChI=1S/C20H19N5O3/c26-19(22-16-9-12-28-17-7-2-1-6-15(16)17)20(27)23-18-8-11-25(24-18)13-14-5-3-4-10-21-14/h1-8,10-11,16H,9,12-13H2,(H,22,26)(H,23,24,27). The number of hydrogen-bond donors (Lipinski definition) is 2. The van der Waals surface area contributed by atoms with Gasteiger partial charge in [-0.15, -0.1) is 0 Å². The number of nitrogens with one attached hydrogen (secondary N) is 2. The molecule has 2 aromatic heterocycles. The zero-order chi connectivity index (χ0) is 19.3. The summed E-state index contributed by atoms with van der Waals surface area (Å²) < 4.78 is 7.22. The van der Waals surface area contributed by atoms with Crippen LogP contribution in [0.5, 0.6) is 5.75 Å². The summed E-state index contributed by atoms with van der Waals surface area (Å²) in [7, 11) is 0. The van der Waals surface area contributed by atoms with Gasteiger partial charge < -0.3 is 15.4 Å². The SMILES string of the molecule is O=C(Nc1ccn(Cc2ccccn2)n1)C(=O)NC1CCOc2ccccc21. The molecule has 0 aliphatic carbocycles. The van der Waals surface area contributed by atoms with Crippen molar-refractivity contribution in [3.63, 3.8) is 0 Å². The molecule has 0 spiro atoms. The minimum atomic E-state index is -0.757. The van der Waals surface area contributed by atoms with Crippen LogP contribution in [0.15, 0.2) is 60.9 Å². The summed E-state index contributed by atoms with van der Waals surface area (Å²) in [4.78, 5) is 28.8. The zero-order valence-electron chi connectivity index (χ0n) is 15.0. The number of anilines is 1. The Bertz CT molecular complexity index is 986. The third-order valence-corrected chi connectivity index (χ3v) is 4.40. The normalized spacial score (nSPS) is 15.2. The van der Waals surface area contributed by atoms with Crippen LogP contribution < -0.4 is 15.4 Å². The number of amides is 2. The molecule has 0 radical (unpaired) electrons. The number of aromatic nitrogens is 3. The third kappa shape index (κ3) is 4.01. The Labute approximate surface area is 161 Å². The van der Waals surface area contributed by atoms with Gasteiger partial charge in [0.1, 0.15) is 5.75 Å². The molecule has 8 nitrogen and oxygen atoms in total. The number of carbonyl (C=O) groups excluding carboxylic acids is 2. The quantitative estimate of drug-likeness (QED) is 0.677. The van der Waals surface area contributed by atoms with Gasteiger partial charge in [-0.1, -0.05) is 24.3 Å². The number of ether oxygens (including phenoxy) is 1. The largest absolute Gasteiger partial charge is 0.493 e. The average molecular weight is 377 g/mol. The van der Waals surface area contributed by atoms with Crippen LogP contribution in [0.25, 0.3) is 0 Å². The van der Waals surface area contributed by atoms with E-state index in [1.54, 1.807) is 23.1 Å². The lowest BCUT2D eigenvalue weighted by molar-refractivity contribution is -0.136. The number of carbonyl (C=O) groups is 2. The number of para-hydroxylation sites is 1. The molecular formula is C20H19N5O3. The molecule has 2 N–H and O–H groups in total. The molecule has 0 bridgehead atoms. The Kier molecular flexibility index (Phi) is 5.01. The summed E-state index contributed by atoms with van der Waals surface area (Å²) >= 11 is 0. The van der Waals surface area contributed by atoms with Crippen LogP contribution in [0, 0.1) is 0 Å². The number of benzene rings is 1. The molecule has 4 rings (SSSR count). The maximum absolute atomic E-state index is 12.3. The molecule has 0 saturated heterocycles. The van der Waals surface area contributed by atoms with Crippen molar-refractivity contribution in [3.8, 4) is 5.75 Å². The minimum Gasteiger partial charge on any atom is -0.493 e. The fourth-order valence-electron chi connectivity index (χ4n) is 3.06. The molecule has 0 saturated carbocycles. The smallest absolute Gasteiger partial charge is 0.314 e. The van der Waals surface area contributed by atoms with Crippen molar-refractivity contribution in [2.75, 3.05) is 11.9 Å². The van der Waals surface area contributed by atoms with Crippen molar-refractivity contribution in [1.29, 1.82) is 0 Å². The maximum atomic E-state index is 12.3. The minimum absolute atomic E-state index is 0.259. The molecule has 1 aliphatic heterocycles. The van der Waals surface area contributed by atoms with Gasteiger partial charge in [-0.2, -0.15) is 5.10 Å². The number of rotatable bonds is 4. The van der Waals surface area contributed by atoms with Gasteiger partial charge in [-0.25, -0.2) is 0 Å². The predicted molar refractivity (Wildman–Crippen MR) is 102 cm³/mol. The highest BCUT2D eigenvalue weighted by molar-refractivity contribution is 6.39. The second-order valence-electron chi connectivity index (χ2n) is 6.37. The summed E-state index contributed by atoms with van der Waals surface area (Å²) in [6, 6.07) is 14.5. The first-order chi connectivity index (χ1) is 13.7. The molecule has 3 heterocycles. The van der Waals surface area contributed by atoms with Crippen LogP contribution in [-0.2, 0) is 16.1 Å². The molecule has 0 fully saturated rings. The van der Waals surface area contributed by atoms with Gasteiger partial charge in [0.05, 0.1) is 24.9 Å². The Morgan fingerprint density at radius 1 is 1.11 bits per heavy atom. The van der Waals surface area contributed by atoms with E-state index in [1.807, 2.05) is 42.5 Å². The monoisotopic (exact) mass is 377 g/mol. The fourth-order valence-corrected chi connectivity index (χ4v) is 3.06. The Hall–Kier alpha value is -3.68. The fraction of sp³-hybridized carbons (Fsp3) is 0.200. The van der Waals surface area contributed by atoms with Gasteiger partial charge in [-0.05, 0) is 18.2 Å². The lowest BCUT2D eigenvalue weighted by Gasteiger charge is -2.26. The predicted octanol–water partition coefficient (Wildman–Crippen LogP) is 1.90. The maximum Gasteiger partial charge on any atom is 0.314 e. The van der Waals surface area contributed by atoms with E-state index in [4.69, 9.17) is 4.74 Å². The lowest BCUT2D eigenvalue weighted by atomic mass is 10.0. The zero-order valence-corrected chi connectivity index (χ0v) is 15.0. The van der Waals surface area contributed by atoms with Crippen molar-refractivity contribution >= 4 is 17.6 Å². The van der Waals surface area contributed by atoms with Crippen molar-refractivity contribution < 1.29 is 14.3 Å². The number of pyridine rings is 1. The molecular weight excluding hydrogens is 358 g/mol. The number of hydrogen-bond acceptors (Lipinski definition) is 5. The molecule has 142 valence electrons. The second-order valence-corrected chi connectivity index (χ2v) is 6.37. The van der Waals surface area contributed by atoms with E-state index in [0.29, 0.717) is 25.4 Å². The van der Waals surface area contributed by atoms with Gasteiger partial charge in [0.15, 0.2) is 5.82 Å². The first-order valence-corrected chi connectivity index (χ1v) is 8.96. The van der Waals surface area contributed by atoms with E-state index in [1.165, 1.54) is 0 Å². The van der Waals surface area contributed by atoms with Crippen molar-refractivity contribution in [1.82, 2.24) is 20.1 Å². The van der Waals surface area contributed by atoms with Crippen LogP contribution in [0.2, 0.25) is 0 Å². The van der Waals surface area contributed by atoms with E-state index in [9.17, 15) is 9.59 Å².